The van der Waals surface area contributed by atoms with Crippen LogP contribution in [0.4, 0.5) is 36.6 Å². The van der Waals surface area contributed by atoms with E-state index in [9.17, 15) is 40.3 Å². The Labute approximate surface area is 320 Å². The van der Waals surface area contributed by atoms with Gasteiger partial charge in [0.05, 0.1) is 17.3 Å². The van der Waals surface area contributed by atoms with Gasteiger partial charge in [0.15, 0.2) is 11.5 Å². The summed E-state index contributed by atoms with van der Waals surface area (Å²) in [7, 11) is -2.77. The molecule has 0 aliphatic heterocycles. The first-order valence-electron chi connectivity index (χ1n) is 17.3. The average Bonchev–Trinajstić information content (AvgIpc) is 3.63. The third-order valence-corrected chi connectivity index (χ3v) is 10.3. The Hall–Kier alpha value is -5.52. The summed E-state index contributed by atoms with van der Waals surface area (Å²) in [6, 6.07) is 8.92. The largest absolute Gasteiger partial charge is 0.435 e. The Morgan fingerprint density at radius 3 is 2.39 bits per heavy atom. The van der Waals surface area contributed by atoms with Crippen molar-refractivity contribution >= 4 is 32.8 Å². The molecule has 3 heterocycles. The smallest absolute Gasteiger partial charge is 0.378 e. The van der Waals surface area contributed by atoms with Crippen LogP contribution in [0, 0.1) is 29.4 Å². The summed E-state index contributed by atoms with van der Waals surface area (Å²) in [6.07, 6.45) is -5.39. The van der Waals surface area contributed by atoms with Gasteiger partial charge >= 0.3 is 6.18 Å². The zero-order valence-corrected chi connectivity index (χ0v) is 31.0. The summed E-state index contributed by atoms with van der Waals surface area (Å²) in [5, 5.41) is 26.1. The number of para-hydroxylation sites is 1. The summed E-state index contributed by atoms with van der Waals surface area (Å²) in [5.74, 6) is -3.96. The van der Waals surface area contributed by atoms with Crippen LogP contribution in [0.1, 0.15) is 72.6 Å². The van der Waals surface area contributed by atoms with E-state index in [0.717, 1.165) is 12.1 Å². The number of alkyl halides is 5. The summed E-state index contributed by atoms with van der Waals surface area (Å²) < 4.78 is 130. The minimum atomic E-state index is -5.09. The maximum absolute atomic E-state index is 15.6. The molecule has 2 aliphatic carbocycles. The van der Waals surface area contributed by atoms with Gasteiger partial charge in [-0.1, -0.05) is 18.1 Å². The molecule has 12 nitrogen and oxygen atoms in total. The number of nitrogens with one attached hydrogen (secondary N) is 2. The molecule has 3 aromatic heterocycles. The number of carbonyl (C=O) groups excluding carboxylic acids is 1. The second-order valence-corrected chi connectivity index (χ2v) is 15.8. The summed E-state index contributed by atoms with van der Waals surface area (Å²) in [6.45, 7) is 1.74. The van der Waals surface area contributed by atoms with E-state index in [1.165, 1.54) is 37.7 Å². The first-order chi connectivity index (χ1) is 26.5. The van der Waals surface area contributed by atoms with Gasteiger partial charge in [-0.3, -0.25) is 18.9 Å². The number of rotatable bonds is 9. The zero-order chi connectivity index (χ0) is 41.4. The molecular weight excluding hydrogens is 786 g/mol. The Kier molecular flexibility index (Phi) is 9.64. The van der Waals surface area contributed by atoms with Crippen molar-refractivity contribution < 1.29 is 49.1 Å². The lowest BCUT2D eigenvalue weighted by Crippen LogP contribution is -2.36. The van der Waals surface area contributed by atoms with Crippen LogP contribution in [-0.4, -0.2) is 49.6 Å². The maximum Gasteiger partial charge on any atom is 0.435 e. The van der Waals surface area contributed by atoms with Gasteiger partial charge in [0.2, 0.25) is 5.91 Å². The van der Waals surface area contributed by atoms with Crippen LogP contribution in [0.15, 0.2) is 48.5 Å². The van der Waals surface area contributed by atoms with E-state index < -0.39 is 93.2 Å². The second kappa shape index (κ2) is 13.8. The topological polar surface area (TPSA) is 170 Å². The maximum atomic E-state index is 15.6. The van der Waals surface area contributed by atoms with Crippen molar-refractivity contribution in [3.8, 4) is 23.0 Å². The molecule has 1 amide bonds. The summed E-state index contributed by atoms with van der Waals surface area (Å²) in [4.78, 5) is 18.6. The summed E-state index contributed by atoms with van der Waals surface area (Å²) >= 11 is 0. The molecule has 2 aliphatic rings. The van der Waals surface area contributed by atoms with E-state index in [1.807, 2.05) is 0 Å². The highest BCUT2D eigenvalue weighted by Gasteiger charge is 2.63. The van der Waals surface area contributed by atoms with Gasteiger partial charge in [-0.25, -0.2) is 18.9 Å². The third kappa shape index (κ3) is 7.78. The number of aryl methyl sites for hydroxylation is 1. The van der Waals surface area contributed by atoms with Gasteiger partial charge in [-0.15, -0.1) is 0 Å². The first kappa shape index (κ1) is 39.7. The van der Waals surface area contributed by atoms with Crippen LogP contribution in [-0.2, 0) is 47.1 Å². The van der Waals surface area contributed by atoms with Crippen LogP contribution in [0.5, 0.6) is 0 Å². The third-order valence-electron chi connectivity index (χ3n) is 9.82. The normalized spacial score (nSPS) is 18.0. The van der Waals surface area contributed by atoms with Crippen molar-refractivity contribution in [3.05, 3.63) is 94.1 Å². The van der Waals surface area contributed by atoms with E-state index in [4.69, 9.17) is 5.14 Å². The van der Waals surface area contributed by atoms with Gasteiger partial charge in [0, 0.05) is 41.1 Å². The van der Waals surface area contributed by atoms with Crippen molar-refractivity contribution in [3.63, 3.8) is 0 Å². The molecule has 0 spiro atoms. The zero-order valence-electron chi connectivity index (χ0n) is 30.2. The lowest BCUT2D eigenvalue weighted by atomic mass is 9.73. The molecule has 7 rings (SSSR count). The predicted octanol–water partition coefficient (Wildman–Crippen LogP) is 5.57. The lowest BCUT2D eigenvalue weighted by Gasteiger charge is -2.34. The van der Waals surface area contributed by atoms with E-state index in [0.29, 0.717) is 21.8 Å². The number of hydrogen-bond acceptors (Lipinski definition) is 7. The molecule has 5 N–H and O–H groups in total. The fourth-order valence-corrected chi connectivity index (χ4v) is 7.95. The number of aliphatic hydroxyl groups is 1. The molecule has 57 heavy (non-hydrogen) atoms. The number of nitrogens with zero attached hydrogens (tertiary/aromatic N) is 5. The number of anilines is 1. The Bertz CT molecular complexity index is 2600. The average molecular weight is 819 g/mol. The highest BCUT2D eigenvalue weighted by Crippen LogP contribution is 2.64. The minimum Gasteiger partial charge on any atom is -0.378 e. The number of carbonyl (C=O) groups is 1. The van der Waals surface area contributed by atoms with Crippen LogP contribution < -0.4 is 15.2 Å². The van der Waals surface area contributed by atoms with Crippen molar-refractivity contribution in [2.24, 2.45) is 18.1 Å². The monoisotopic (exact) mass is 818 g/mol. The van der Waals surface area contributed by atoms with Crippen LogP contribution >= 0.6 is 0 Å². The number of nitrogens with two attached hydrogens (primary N) is 1. The Morgan fingerprint density at radius 2 is 1.77 bits per heavy atom. The highest BCUT2D eigenvalue weighted by molar-refractivity contribution is 7.90. The van der Waals surface area contributed by atoms with Gasteiger partial charge in [-0.2, -0.15) is 40.6 Å². The first-order valence-corrected chi connectivity index (χ1v) is 18.9. The van der Waals surface area contributed by atoms with Crippen molar-refractivity contribution in [1.29, 1.82) is 0 Å². The van der Waals surface area contributed by atoms with E-state index in [2.05, 4.69) is 37.1 Å². The van der Waals surface area contributed by atoms with Crippen molar-refractivity contribution in [2.75, 3.05) is 4.72 Å². The van der Waals surface area contributed by atoms with E-state index in [-0.39, 0.29) is 46.6 Å². The van der Waals surface area contributed by atoms with Crippen molar-refractivity contribution in [2.45, 2.75) is 69.3 Å². The quantitative estimate of drug-likeness (QED) is 0.111. The fourth-order valence-electron chi connectivity index (χ4n) is 7.53. The molecule has 0 unspecified atom stereocenters. The molecule has 5 aromatic rings. The molecule has 2 aromatic carbocycles. The summed E-state index contributed by atoms with van der Waals surface area (Å²) in [5.41, 5.74) is -3.67. The Morgan fingerprint density at radius 1 is 1.07 bits per heavy atom. The molecule has 1 saturated carbocycles. The Balaban J connectivity index is 1.38. The SMILES string of the molecule is Cn1nc(NS(N)(=O)=O)c2cccc(-c3ccc(C#CC(C)(C)O)nc3[C@H](Cc3cc(F)cc(F)c3)NC(=O)Cn3nc(C(F)(F)F)c4c3C(F)(F)[C@@H]3CC[C@H]43)c21. The van der Waals surface area contributed by atoms with E-state index >= 15 is 8.78 Å². The number of amides is 1. The van der Waals surface area contributed by atoms with Gasteiger partial charge < -0.3 is 10.4 Å². The number of halogens is 7. The minimum absolute atomic E-state index is 0.000596. The lowest BCUT2D eigenvalue weighted by molar-refractivity contribution is -0.144. The van der Waals surface area contributed by atoms with E-state index in [1.54, 1.807) is 18.2 Å². The number of fused-ring (bicyclic) bond motifs is 4. The van der Waals surface area contributed by atoms with Crippen molar-refractivity contribution in [1.82, 2.24) is 29.9 Å². The van der Waals surface area contributed by atoms with Gasteiger partial charge in [0.1, 0.15) is 35.2 Å². The molecule has 0 radical (unpaired) electrons. The van der Waals surface area contributed by atoms with Crippen LogP contribution in [0.2, 0.25) is 0 Å². The highest BCUT2D eigenvalue weighted by atomic mass is 32.2. The number of hydrogen-bond donors (Lipinski definition) is 4. The molecule has 20 heteroatoms. The number of pyridine rings is 1. The van der Waals surface area contributed by atoms with Gasteiger partial charge in [0.25, 0.3) is 16.1 Å². The van der Waals surface area contributed by atoms with Gasteiger partial charge in [-0.05, 0) is 80.8 Å². The fraction of sp³-hybridized carbons (Fsp3) is 0.351. The molecule has 3 atom stereocenters. The number of aromatic nitrogens is 5. The predicted molar refractivity (Wildman–Crippen MR) is 191 cm³/mol. The molecular formula is C37H33F7N8O4S. The molecule has 1 fully saturated rings. The molecule has 0 bridgehead atoms. The molecule has 0 saturated heterocycles. The molecule has 300 valence electrons. The second-order valence-electron chi connectivity index (χ2n) is 14.5. The number of benzene rings is 2. The van der Waals surface area contributed by atoms with Crippen LogP contribution in [0.25, 0.3) is 22.0 Å². The standard InChI is InChI=1S/C37H33F7N8O4S/c1-35(2,54)12-11-21-7-8-22(23-5-4-6-25-31(23)51(3)49-34(25)50-57(45,55)56)30(46-21)27(15-18-13-19(38)16-20(39)14-18)47-28(53)17-52-33-29(32(48-52)37(42,43)44)24-9-10-26(24)36(33,40)41/h4-8,13-14,16,24,26-27,54H,9-10,15,17H2,1-3H3,(H,47,53)(H,49,50)(H2,45,55,56)/t24-,26+,27-/m0/s1. The van der Waals surface area contributed by atoms with Crippen LogP contribution in [0.3, 0.4) is 0 Å².